The van der Waals surface area contributed by atoms with Gasteiger partial charge in [-0.1, -0.05) is 53.1 Å². The molecule has 1 aliphatic heterocycles. The second kappa shape index (κ2) is 15.6. The number of hydrogen-bond donors (Lipinski definition) is 2. The molecule has 0 saturated heterocycles. The fourth-order valence-corrected chi connectivity index (χ4v) is 5.26. The third kappa shape index (κ3) is 9.00. The summed E-state index contributed by atoms with van der Waals surface area (Å²) in [6.45, 7) is 5.96. The topological polar surface area (TPSA) is 155 Å². The van der Waals surface area contributed by atoms with Crippen LogP contribution in [-0.4, -0.2) is 53.8 Å². The number of rotatable bonds is 14. The lowest BCUT2D eigenvalue weighted by molar-refractivity contribution is -0.155. The first-order chi connectivity index (χ1) is 22.0. The molecule has 1 heterocycles. The summed E-state index contributed by atoms with van der Waals surface area (Å²) in [6.07, 6.45) is -0.221. The van der Waals surface area contributed by atoms with E-state index in [-0.39, 0.29) is 37.6 Å². The van der Waals surface area contributed by atoms with Gasteiger partial charge < -0.3 is 24.6 Å². The predicted molar refractivity (Wildman–Crippen MR) is 175 cm³/mol. The number of ether oxygens (including phenoxy) is 3. The number of aliphatic imine (C=N–C) groups is 1. The number of carbonyl (C=O) groups excluding carboxylic acids is 2. The van der Waals surface area contributed by atoms with E-state index in [2.05, 4.69) is 15.3 Å². The Bertz CT molecular complexity index is 1600. The van der Waals surface area contributed by atoms with Crippen molar-refractivity contribution in [3.63, 3.8) is 0 Å². The molecule has 0 unspecified atom stereocenters. The first-order valence-electron chi connectivity index (χ1n) is 15.0. The largest absolute Gasteiger partial charge is 0.494 e. The van der Waals surface area contributed by atoms with Gasteiger partial charge in [-0.3, -0.25) is 9.59 Å². The summed E-state index contributed by atoms with van der Waals surface area (Å²) in [7, 11) is 0. The van der Waals surface area contributed by atoms with Gasteiger partial charge in [-0.05, 0) is 81.1 Å². The summed E-state index contributed by atoms with van der Waals surface area (Å²) >= 11 is 6.15. The Balaban J connectivity index is 1.74. The average molecular weight is 648 g/mol. The zero-order valence-electron chi connectivity index (χ0n) is 26.1. The number of nitrogens with one attached hydrogen (secondary N) is 1. The van der Waals surface area contributed by atoms with Crippen LogP contribution in [0, 0.1) is 0 Å². The average Bonchev–Trinajstić information content (AvgIpc) is 3.41. The SMILES string of the molecule is CC(C)(C)OC(=O)CC[C@@]1(C(=O)NCCc2cccc(Cl)c2)N=C(c2ccc(OCCCO)cc2)O[C@@H]1c1ccccc1N=[N+]=[N-]. The lowest BCUT2D eigenvalue weighted by atomic mass is 9.82. The minimum Gasteiger partial charge on any atom is -0.494 e. The minimum atomic E-state index is -1.63. The van der Waals surface area contributed by atoms with Gasteiger partial charge in [0.05, 0.1) is 6.61 Å². The Morgan fingerprint density at radius 3 is 2.59 bits per heavy atom. The van der Waals surface area contributed by atoms with Crippen LogP contribution in [0.15, 0.2) is 82.9 Å². The number of azide groups is 1. The zero-order chi connectivity index (χ0) is 33.2. The van der Waals surface area contributed by atoms with Gasteiger partial charge >= 0.3 is 5.97 Å². The molecule has 4 rings (SSSR count). The van der Waals surface area contributed by atoms with E-state index in [0.717, 1.165) is 5.56 Å². The zero-order valence-corrected chi connectivity index (χ0v) is 26.9. The van der Waals surface area contributed by atoms with E-state index in [1.165, 1.54) is 0 Å². The Labute approximate surface area is 273 Å². The number of aliphatic hydroxyl groups is 1. The Hall–Kier alpha value is -4.57. The molecule has 242 valence electrons. The van der Waals surface area contributed by atoms with E-state index in [0.29, 0.717) is 41.3 Å². The van der Waals surface area contributed by atoms with E-state index >= 15 is 0 Å². The van der Waals surface area contributed by atoms with E-state index in [1.54, 1.807) is 75.4 Å². The Morgan fingerprint density at radius 1 is 1.13 bits per heavy atom. The molecule has 1 amide bonds. The molecule has 46 heavy (non-hydrogen) atoms. The first kappa shape index (κ1) is 34.3. The second-order valence-corrected chi connectivity index (χ2v) is 12.2. The van der Waals surface area contributed by atoms with E-state index < -0.39 is 29.1 Å². The first-order valence-corrected chi connectivity index (χ1v) is 15.4. The Morgan fingerprint density at radius 2 is 1.89 bits per heavy atom. The highest BCUT2D eigenvalue weighted by molar-refractivity contribution is 6.30. The number of aliphatic hydroxyl groups excluding tert-OH is 1. The number of halogens is 1. The van der Waals surface area contributed by atoms with Crippen LogP contribution in [0.1, 0.15) is 62.8 Å². The molecule has 3 aromatic rings. The summed E-state index contributed by atoms with van der Waals surface area (Å²) in [5, 5.41) is 16.5. The van der Waals surface area contributed by atoms with E-state index in [9.17, 15) is 15.1 Å². The fraction of sp³-hybridized carbons (Fsp3) is 0.382. The highest BCUT2D eigenvalue weighted by atomic mass is 35.5. The van der Waals surface area contributed by atoms with Gasteiger partial charge in [-0.25, -0.2) is 4.99 Å². The van der Waals surface area contributed by atoms with Gasteiger partial charge in [0, 0.05) is 52.7 Å². The molecular formula is C34H38ClN5O6. The minimum absolute atomic E-state index is 0.0218. The molecule has 3 aromatic carbocycles. The van der Waals surface area contributed by atoms with Crippen LogP contribution >= 0.6 is 11.6 Å². The molecule has 0 fully saturated rings. The molecule has 0 saturated carbocycles. The van der Waals surface area contributed by atoms with Gasteiger partial charge in [0.2, 0.25) is 5.90 Å². The normalized spacial score (nSPS) is 17.3. The standard InChI is InChI=1S/C34H38ClN5O6/c1-33(2,3)46-29(42)16-18-34(32(43)37-19-17-23-8-6-9-25(35)22-23)30(27-10-4-5-11-28(27)39-40-36)45-31(38-34)24-12-14-26(15-13-24)44-21-7-20-41/h4-6,8-15,22,30,41H,7,16-21H2,1-3H3,(H,37,43)/t30-,34-/m1/s1. The van der Waals surface area contributed by atoms with E-state index in [1.807, 2.05) is 18.2 Å². The monoisotopic (exact) mass is 647 g/mol. The molecule has 0 bridgehead atoms. The third-order valence-electron chi connectivity index (χ3n) is 7.12. The Kier molecular flexibility index (Phi) is 11.7. The predicted octanol–water partition coefficient (Wildman–Crippen LogP) is 6.78. The number of nitrogens with zero attached hydrogens (tertiary/aromatic N) is 4. The summed E-state index contributed by atoms with van der Waals surface area (Å²) in [5.74, 6) is -0.181. The summed E-state index contributed by atoms with van der Waals surface area (Å²) in [4.78, 5) is 35.2. The number of amides is 1. The highest BCUT2D eigenvalue weighted by Crippen LogP contribution is 2.46. The van der Waals surface area contributed by atoms with Gasteiger partial charge in [0.25, 0.3) is 5.91 Å². The summed E-state index contributed by atoms with van der Waals surface area (Å²) in [5.41, 5.74) is 9.18. The summed E-state index contributed by atoms with van der Waals surface area (Å²) < 4.78 is 17.7. The maximum absolute atomic E-state index is 14.3. The molecule has 0 spiro atoms. The smallest absolute Gasteiger partial charge is 0.306 e. The van der Waals surface area contributed by atoms with Crippen molar-refractivity contribution in [2.24, 2.45) is 10.1 Å². The van der Waals surface area contributed by atoms with Crippen molar-refractivity contribution in [2.45, 2.75) is 63.7 Å². The van der Waals surface area contributed by atoms with Crippen molar-refractivity contribution < 1.29 is 28.9 Å². The molecule has 2 N–H and O–H groups in total. The molecule has 0 aliphatic carbocycles. The highest BCUT2D eigenvalue weighted by Gasteiger charge is 2.53. The number of hydrogen-bond acceptors (Lipinski definition) is 8. The maximum Gasteiger partial charge on any atom is 0.306 e. The van der Waals surface area contributed by atoms with Crippen LogP contribution in [0.3, 0.4) is 0 Å². The van der Waals surface area contributed by atoms with Crippen molar-refractivity contribution >= 4 is 35.1 Å². The van der Waals surface area contributed by atoms with Crippen molar-refractivity contribution in [1.82, 2.24) is 5.32 Å². The number of benzene rings is 3. The molecule has 2 atom stereocenters. The molecular weight excluding hydrogens is 610 g/mol. The van der Waals surface area contributed by atoms with Gasteiger partial charge in [-0.2, -0.15) is 0 Å². The number of carbonyl (C=O) groups is 2. The number of esters is 1. The van der Waals surface area contributed by atoms with Crippen molar-refractivity contribution in [1.29, 1.82) is 0 Å². The molecule has 0 aromatic heterocycles. The van der Waals surface area contributed by atoms with Gasteiger partial charge in [-0.15, -0.1) is 0 Å². The third-order valence-corrected chi connectivity index (χ3v) is 7.36. The van der Waals surface area contributed by atoms with Crippen molar-refractivity contribution in [3.8, 4) is 5.75 Å². The molecule has 1 aliphatic rings. The molecule has 12 heteroatoms. The van der Waals surface area contributed by atoms with Crippen LogP contribution in [0.5, 0.6) is 5.75 Å². The van der Waals surface area contributed by atoms with Crippen LogP contribution < -0.4 is 10.1 Å². The molecule has 11 nitrogen and oxygen atoms in total. The lowest BCUT2D eigenvalue weighted by Crippen LogP contribution is -2.49. The van der Waals surface area contributed by atoms with Crippen molar-refractivity contribution in [2.75, 3.05) is 19.8 Å². The van der Waals surface area contributed by atoms with Crippen LogP contribution in [0.25, 0.3) is 10.4 Å². The second-order valence-electron chi connectivity index (χ2n) is 11.8. The summed E-state index contributed by atoms with van der Waals surface area (Å²) in [6, 6.07) is 21.2. The fourth-order valence-electron chi connectivity index (χ4n) is 5.05. The van der Waals surface area contributed by atoms with E-state index in [4.69, 9.17) is 35.9 Å². The van der Waals surface area contributed by atoms with Crippen LogP contribution in [0.4, 0.5) is 5.69 Å². The van der Waals surface area contributed by atoms with Gasteiger partial charge in [0.1, 0.15) is 11.4 Å². The quantitative estimate of drug-likeness (QED) is 0.0646. The lowest BCUT2D eigenvalue weighted by Gasteiger charge is -2.31. The maximum atomic E-state index is 14.3. The van der Waals surface area contributed by atoms with Crippen LogP contribution in [-0.2, 0) is 25.5 Å². The molecule has 0 radical (unpaired) electrons. The van der Waals surface area contributed by atoms with Gasteiger partial charge in [0.15, 0.2) is 11.6 Å². The van der Waals surface area contributed by atoms with Crippen LogP contribution in [0.2, 0.25) is 5.02 Å². The van der Waals surface area contributed by atoms with Crippen molar-refractivity contribution in [3.05, 3.63) is 105 Å².